The Labute approximate surface area is 140 Å². The van der Waals surface area contributed by atoms with E-state index in [1.54, 1.807) is 13.8 Å². The number of ether oxygens (including phenoxy) is 1. The van der Waals surface area contributed by atoms with Gasteiger partial charge < -0.3 is 14.7 Å². The van der Waals surface area contributed by atoms with Crippen LogP contribution in [0, 0.1) is 6.92 Å². The van der Waals surface area contributed by atoms with E-state index in [4.69, 9.17) is 9.84 Å². The van der Waals surface area contributed by atoms with Crippen molar-refractivity contribution in [2.45, 2.75) is 33.1 Å². The molecular formula is C18H21NO5. The van der Waals surface area contributed by atoms with Gasteiger partial charge in [0.2, 0.25) is 5.91 Å². The molecule has 1 aromatic rings. The highest BCUT2D eigenvalue weighted by Gasteiger charge is 2.37. The van der Waals surface area contributed by atoms with Crippen molar-refractivity contribution in [3.8, 4) is 0 Å². The number of rotatable bonds is 5. The van der Waals surface area contributed by atoms with E-state index in [0.717, 1.165) is 16.0 Å². The predicted octanol–water partition coefficient (Wildman–Crippen LogP) is 2.23. The van der Waals surface area contributed by atoms with Crippen molar-refractivity contribution in [1.82, 2.24) is 4.90 Å². The number of hydrogen-bond donors (Lipinski definition) is 1. The first kappa shape index (κ1) is 17.7. The number of carbonyl (C=O) groups excluding carboxylic acids is 2. The van der Waals surface area contributed by atoms with E-state index >= 15 is 0 Å². The lowest BCUT2D eigenvalue weighted by atomic mass is 9.83. The summed E-state index contributed by atoms with van der Waals surface area (Å²) in [7, 11) is 0. The molecule has 2 rings (SSSR count). The van der Waals surface area contributed by atoms with Gasteiger partial charge in [-0.1, -0.05) is 29.8 Å². The highest BCUT2D eigenvalue weighted by molar-refractivity contribution is 5.96. The molecule has 0 radical (unpaired) electrons. The van der Waals surface area contributed by atoms with Gasteiger partial charge in [0.15, 0.2) is 0 Å². The molecule has 0 bridgehead atoms. The molecule has 0 spiro atoms. The Kier molecular flexibility index (Phi) is 5.39. The first-order valence-corrected chi connectivity index (χ1v) is 7.81. The monoisotopic (exact) mass is 331 g/mol. The summed E-state index contributed by atoms with van der Waals surface area (Å²) in [4.78, 5) is 37.0. The summed E-state index contributed by atoms with van der Waals surface area (Å²) in [5.41, 5.74) is 2.61. The van der Waals surface area contributed by atoms with Gasteiger partial charge in [0, 0.05) is 18.0 Å². The van der Waals surface area contributed by atoms with Crippen LogP contribution in [0.4, 0.5) is 0 Å². The number of carboxylic acids is 1. The van der Waals surface area contributed by atoms with Crippen molar-refractivity contribution in [2.24, 2.45) is 0 Å². The van der Waals surface area contributed by atoms with Crippen LogP contribution in [0.1, 0.15) is 37.3 Å². The maximum Gasteiger partial charge on any atom is 0.336 e. The third kappa shape index (κ3) is 3.64. The summed E-state index contributed by atoms with van der Waals surface area (Å²) in [6.07, 6.45) is 0.0435. The summed E-state index contributed by atoms with van der Waals surface area (Å²) in [5.74, 6) is -2.38. The average Bonchev–Trinajstić information content (AvgIpc) is 2.51. The van der Waals surface area contributed by atoms with Gasteiger partial charge in [0.05, 0.1) is 12.2 Å². The Hall–Kier alpha value is -2.63. The fourth-order valence-corrected chi connectivity index (χ4v) is 2.90. The maximum absolute atomic E-state index is 12.4. The smallest absolute Gasteiger partial charge is 0.336 e. The molecule has 1 heterocycles. The molecule has 1 atom stereocenters. The highest BCUT2D eigenvalue weighted by Crippen LogP contribution is 2.37. The first-order valence-electron chi connectivity index (χ1n) is 7.81. The van der Waals surface area contributed by atoms with Crippen molar-refractivity contribution < 1.29 is 24.2 Å². The minimum absolute atomic E-state index is 0.0435. The highest BCUT2D eigenvalue weighted by atomic mass is 16.5. The van der Waals surface area contributed by atoms with E-state index in [1.807, 2.05) is 31.2 Å². The molecule has 6 heteroatoms. The molecule has 1 unspecified atom stereocenters. The van der Waals surface area contributed by atoms with E-state index in [2.05, 4.69) is 0 Å². The summed E-state index contributed by atoms with van der Waals surface area (Å²) in [6.45, 7) is 5.00. The lowest BCUT2D eigenvalue weighted by Gasteiger charge is -2.33. The Balaban J connectivity index is 2.51. The molecule has 1 aliphatic heterocycles. The number of allylic oxidation sites excluding steroid dienone is 1. The van der Waals surface area contributed by atoms with Crippen molar-refractivity contribution in [3.05, 3.63) is 46.7 Å². The van der Waals surface area contributed by atoms with Gasteiger partial charge >= 0.3 is 11.9 Å². The zero-order valence-corrected chi connectivity index (χ0v) is 14.0. The molecule has 1 amide bonds. The first-order chi connectivity index (χ1) is 11.3. The van der Waals surface area contributed by atoms with Crippen LogP contribution in [-0.4, -0.2) is 41.0 Å². The quantitative estimate of drug-likeness (QED) is 0.837. The van der Waals surface area contributed by atoms with Crippen molar-refractivity contribution in [2.75, 3.05) is 13.2 Å². The Bertz CT molecular complexity index is 690. The van der Waals surface area contributed by atoms with E-state index < -0.39 is 24.4 Å². The molecule has 128 valence electrons. The van der Waals surface area contributed by atoms with E-state index in [-0.39, 0.29) is 18.9 Å². The number of esters is 1. The number of amides is 1. The van der Waals surface area contributed by atoms with Crippen LogP contribution in [0.15, 0.2) is 35.5 Å². The zero-order chi connectivity index (χ0) is 17.9. The largest absolute Gasteiger partial charge is 0.480 e. The van der Waals surface area contributed by atoms with E-state index in [9.17, 15) is 14.4 Å². The number of carboxylic acid groups (broad SMARTS) is 1. The summed E-state index contributed by atoms with van der Waals surface area (Å²) >= 11 is 0. The number of hydrogen-bond acceptors (Lipinski definition) is 4. The normalized spacial score (nSPS) is 17.9. The lowest BCUT2D eigenvalue weighted by Crippen LogP contribution is -2.41. The van der Waals surface area contributed by atoms with Gasteiger partial charge in [-0.3, -0.25) is 9.59 Å². The number of benzene rings is 1. The van der Waals surface area contributed by atoms with Gasteiger partial charge in [-0.15, -0.1) is 0 Å². The lowest BCUT2D eigenvalue weighted by molar-refractivity contribution is -0.145. The third-order valence-corrected chi connectivity index (χ3v) is 4.09. The van der Waals surface area contributed by atoms with Crippen LogP contribution in [0.5, 0.6) is 0 Å². The number of aliphatic carboxylic acids is 1. The summed E-state index contributed by atoms with van der Waals surface area (Å²) in [5, 5.41) is 9.01. The number of aryl methyl sites for hydroxylation is 1. The number of carbonyl (C=O) groups is 3. The fraction of sp³-hybridized carbons (Fsp3) is 0.389. The second kappa shape index (κ2) is 7.29. The number of nitrogens with zero attached hydrogens (tertiary/aromatic N) is 1. The summed E-state index contributed by atoms with van der Waals surface area (Å²) in [6, 6.07) is 7.60. The minimum Gasteiger partial charge on any atom is -0.480 e. The molecule has 0 saturated heterocycles. The topological polar surface area (TPSA) is 83.9 Å². The van der Waals surface area contributed by atoms with E-state index in [1.165, 1.54) is 0 Å². The van der Waals surface area contributed by atoms with Crippen molar-refractivity contribution >= 4 is 17.8 Å². The molecule has 0 aromatic heterocycles. The van der Waals surface area contributed by atoms with Gasteiger partial charge in [0.1, 0.15) is 6.54 Å². The second-order valence-electron chi connectivity index (χ2n) is 5.76. The molecule has 0 fully saturated rings. The SMILES string of the molecule is CCOC(=O)C1=C(C)N(CC(=O)O)C(=O)CC1c1ccc(C)cc1. The van der Waals surface area contributed by atoms with Gasteiger partial charge in [0.25, 0.3) is 0 Å². The predicted molar refractivity (Wildman–Crippen MR) is 87.2 cm³/mol. The van der Waals surface area contributed by atoms with Crippen LogP contribution in [0.2, 0.25) is 0 Å². The van der Waals surface area contributed by atoms with Crippen LogP contribution in [0.25, 0.3) is 0 Å². The van der Waals surface area contributed by atoms with Crippen LogP contribution in [0.3, 0.4) is 0 Å². The average molecular weight is 331 g/mol. The van der Waals surface area contributed by atoms with Crippen LogP contribution < -0.4 is 0 Å². The molecule has 0 aliphatic carbocycles. The van der Waals surface area contributed by atoms with Gasteiger partial charge in [-0.05, 0) is 26.3 Å². The molecule has 1 N–H and O–H groups in total. The van der Waals surface area contributed by atoms with Crippen molar-refractivity contribution in [1.29, 1.82) is 0 Å². The standard InChI is InChI=1S/C18H21NO5/c1-4-24-18(23)17-12(3)19(10-16(21)22)15(20)9-14(17)13-7-5-11(2)6-8-13/h5-8,14H,4,9-10H2,1-3H3,(H,21,22). The molecule has 0 saturated carbocycles. The van der Waals surface area contributed by atoms with E-state index in [0.29, 0.717) is 11.3 Å². The molecule has 6 nitrogen and oxygen atoms in total. The zero-order valence-electron chi connectivity index (χ0n) is 14.0. The molecular weight excluding hydrogens is 310 g/mol. The Morgan fingerprint density at radius 1 is 1.25 bits per heavy atom. The van der Waals surface area contributed by atoms with Gasteiger partial charge in [-0.25, -0.2) is 4.79 Å². The fourth-order valence-electron chi connectivity index (χ4n) is 2.90. The van der Waals surface area contributed by atoms with Crippen molar-refractivity contribution in [3.63, 3.8) is 0 Å². The minimum atomic E-state index is -1.13. The second-order valence-corrected chi connectivity index (χ2v) is 5.76. The molecule has 1 aromatic carbocycles. The van der Waals surface area contributed by atoms with Crippen LogP contribution >= 0.6 is 0 Å². The third-order valence-electron chi connectivity index (χ3n) is 4.09. The van der Waals surface area contributed by atoms with Crippen LogP contribution in [-0.2, 0) is 19.1 Å². The summed E-state index contributed by atoms with van der Waals surface area (Å²) < 4.78 is 5.13. The molecule has 1 aliphatic rings. The maximum atomic E-state index is 12.4. The molecule has 24 heavy (non-hydrogen) atoms. The van der Waals surface area contributed by atoms with Gasteiger partial charge in [-0.2, -0.15) is 0 Å². The Morgan fingerprint density at radius 2 is 1.88 bits per heavy atom. The Morgan fingerprint density at radius 3 is 2.42 bits per heavy atom.